The Hall–Kier alpha value is -0.570. The van der Waals surface area contributed by atoms with E-state index in [1.54, 1.807) is 0 Å². The molecule has 20 heavy (non-hydrogen) atoms. The number of halogens is 1. The Labute approximate surface area is 127 Å². The molecule has 0 amide bonds. The summed E-state index contributed by atoms with van der Waals surface area (Å²) in [6.07, 6.45) is 3.80. The minimum atomic E-state index is -0.0293. The Morgan fingerprint density at radius 2 is 1.95 bits per heavy atom. The SMILES string of the molecule is CC1CC(OC(CN)c2ccc(Cl)cc2)CC(C)(C)C1. The van der Waals surface area contributed by atoms with Gasteiger partial charge in [-0.05, 0) is 48.3 Å². The van der Waals surface area contributed by atoms with E-state index in [9.17, 15) is 0 Å². The van der Waals surface area contributed by atoms with Crippen LogP contribution in [-0.4, -0.2) is 12.6 Å². The van der Waals surface area contributed by atoms with E-state index >= 15 is 0 Å². The lowest BCUT2D eigenvalue weighted by Crippen LogP contribution is -2.34. The molecule has 1 aromatic rings. The van der Waals surface area contributed by atoms with Crippen LogP contribution in [0.3, 0.4) is 0 Å². The fourth-order valence-electron chi connectivity index (χ4n) is 3.54. The monoisotopic (exact) mass is 295 g/mol. The molecular weight excluding hydrogens is 270 g/mol. The Balaban J connectivity index is 2.04. The lowest BCUT2D eigenvalue weighted by molar-refractivity contribution is -0.0635. The van der Waals surface area contributed by atoms with Crippen LogP contribution in [0.5, 0.6) is 0 Å². The third-order valence-electron chi connectivity index (χ3n) is 4.16. The van der Waals surface area contributed by atoms with Gasteiger partial charge in [0.05, 0.1) is 12.2 Å². The van der Waals surface area contributed by atoms with E-state index in [-0.39, 0.29) is 6.10 Å². The van der Waals surface area contributed by atoms with Crippen molar-refractivity contribution in [3.63, 3.8) is 0 Å². The molecule has 0 heterocycles. The molecule has 2 rings (SSSR count). The lowest BCUT2D eigenvalue weighted by Gasteiger charge is -2.40. The van der Waals surface area contributed by atoms with Crippen molar-refractivity contribution in [2.45, 2.75) is 52.2 Å². The predicted molar refractivity (Wildman–Crippen MR) is 84.9 cm³/mol. The maximum Gasteiger partial charge on any atom is 0.0950 e. The molecule has 0 radical (unpaired) electrons. The molecule has 112 valence electrons. The average molecular weight is 296 g/mol. The maximum absolute atomic E-state index is 6.30. The van der Waals surface area contributed by atoms with Crippen molar-refractivity contribution in [2.75, 3.05) is 6.54 Å². The Morgan fingerprint density at radius 1 is 1.30 bits per heavy atom. The van der Waals surface area contributed by atoms with Gasteiger partial charge in [0.25, 0.3) is 0 Å². The number of hydrogen-bond donors (Lipinski definition) is 1. The molecule has 2 N–H and O–H groups in total. The van der Waals surface area contributed by atoms with Crippen LogP contribution >= 0.6 is 11.6 Å². The molecule has 1 saturated carbocycles. The first kappa shape index (κ1) is 15.8. The molecule has 3 unspecified atom stereocenters. The van der Waals surface area contributed by atoms with Gasteiger partial charge >= 0.3 is 0 Å². The van der Waals surface area contributed by atoms with Crippen LogP contribution in [0.25, 0.3) is 0 Å². The second kappa shape index (κ2) is 6.46. The predicted octanol–water partition coefficient (Wildman–Crippen LogP) is 4.57. The van der Waals surface area contributed by atoms with Crippen LogP contribution in [0.1, 0.15) is 51.7 Å². The first-order valence-corrected chi connectivity index (χ1v) is 7.88. The second-order valence-corrected chi connectivity index (χ2v) is 7.38. The summed E-state index contributed by atoms with van der Waals surface area (Å²) in [7, 11) is 0. The quantitative estimate of drug-likeness (QED) is 0.883. The zero-order valence-corrected chi connectivity index (χ0v) is 13.5. The average Bonchev–Trinajstić information content (AvgIpc) is 2.34. The molecule has 1 aliphatic rings. The topological polar surface area (TPSA) is 35.2 Å². The van der Waals surface area contributed by atoms with Gasteiger partial charge in [-0.15, -0.1) is 0 Å². The zero-order valence-electron chi connectivity index (χ0n) is 12.7. The van der Waals surface area contributed by atoms with Crippen molar-refractivity contribution >= 4 is 11.6 Å². The smallest absolute Gasteiger partial charge is 0.0950 e. The third kappa shape index (κ3) is 4.21. The third-order valence-corrected chi connectivity index (χ3v) is 4.41. The van der Waals surface area contributed by atoms with E-state index in [0.717, 1.165) is 23.4 Å². The number of nitrogens with two attached hydrogens (primary N) is 1. The summed E-state index contributed by atoms with van der Waals surface area (Å²) in [6.45, 7) is 7.49. The van der Waals surface area contributed by atoms with Gasteiger partial charge in [-0.2, -0.15) is 0 Å². The van der Waals surface area contributed by atoms with Gasteiger partial charge in [-0.1, -0.05) is 44.5 Å². The Kier molecular flexibility index (Phi) is 5.11. The highest BCUT2D eigenvalue weighted by Gasteiger charge is 2.33. The molecule has 0 spiro atoms. The molecule has 0 saturated heterocycles. The van der Waals surface area contributed by atoms with Gasteiger partial charge < -0.3 is 10.5 Å². The fourth-order valence-corrected chi connectivity index (χ4v) is 3.67. The summed E-state index contributed by atoms with van der Waals surface area (Å²) in [5, 5.41) is 0.747. The van der Waals surface area contributed by atoms with Crippen molar-refractivity contribution < 1.29 is 4.74 Å². The molecule has 1 aliphatic carbocycles. The van der Waals surface area contributed by atoms with Crippen LogP contribution in [0.4, 0.5) is 0 Å². The number of rotatable bonds is 4. The van der Waals surface area contributed by atoms with Gasteiger partial charge in [-0.3, -0.25) is 0 Å². The lowest BCUT2D eigenvalue weighted by atomic mass is 9.71. The molecule has 0 bridgehead atoms. The molecule has 1 aromatic carbocycles. The molecule has 0 aromatic heterocycles. The van der Waals surface area contributed by atoms with Crippen molar-refractivity contribution in [2.24, 2.45) is 17.1 Å². The van der Waals surface area contributed by atoms with Gasteiger partial charge in [0.2, 0.25) is 0 Å². The molecule has 2 nitrogen and oxygen atoms in total. The van der Waals surface area contributed by atoms with Crippen LogP contribution in [-0.2, 0) is 4.74 Å². The van der Waals surface area contributed by atoms with E-state index in [0.29, 0.717) is 24.0 Å². The highest BCUT2D eigenvalue weighted by molar-refractivity contribution is 6.30. The van der Waals surface area contributed by atoms with Crippen molar-refractivity contribution in [3.05, 3.63) is 34.9 Å². The summed E-state index contributed by atoms with van der Waals surface area (Å²) in [5.74, 6) is 0.715. The molecule has 1 fully saturated rings. The molecule has 3 atom stereocenters. The second-order valence-electron chi connectivity index (χ2n) is 6.95. The maximum atomic E-state index is 6.30. The summed E-state index contributed by atoms with van der Waals surface area (Å²) >= 11 is 5.94. The number of ether oxygens (including phenoxy) is 1. The minimum absolute atomic E-state index is 0.0293. The van der Waals surface area contributed by atoms with Gasteiger partial charge in [0.15, 0.2) is 0 Å². The van der Waals surface area contributed by atoms with E-state index in [4.69, 9.17) is 22.1 Å². The number of hydrogen-bond acceptors (Lipinski definition) is 2. The van der Waals surface area contributed by atoms with Gasteiger partial charge in [0, 0.05) is 11.6 Å². The molecular formula is C17H26ClNO. The summed E-state index contributed by atoms with van der Waals surface area (Å²) in [5.41, 5.74) is 7.39. The van der Waals surface area contributed by atoms with E-state index in [2.05, 4.69) is 20.8 Å². The largest absolute Gasteiger partial charge is 0.369 e. The standard InChI is InChI=1S/C17H26ClNO/c1-12-8-15(10-17(2,3)9-12)20-16(11-19)13-4-6-14(18)7-5-13/h4-7,12,15-16H,8-11,19H2,1-3H3. The zero-order chi connectivity index (χ0) is 14.8. The summed E-state index contributed by atoms with van der Waals surface area (Å²) in [4.78, 5) is 0. The van der Waals surface area contributed by atoms with Gasteiger partial charge in [0.1, 0.15) is 0 Å². The van der Waals surface area contributed by atoms with Crippen molar-refractivity contribution in [1.82, 2.24) is 0 Å². The fraction of sp³-hybridized carbons (Fsp3) is 0.647. The minimum Gasteiger partial charge on any atom is -0.369 e. The molecule has 0 aliphatic heterocycles. The van der Waals surface area contributed by atoms with E-state index < -0.39 is 0 Å². The van der Waals surface area contributed by atoms with Crippen LogP contribution in [0, 0.1) is 11.3 Å². The summed E-state index contributed by atoms with van der Waals surface area (Å²) < 4.78 is 6.30. The van der Waals surface area contributed by atoms with E-state index in [1.807, 2.05) is 24.3 Å². The normalized spacial score (nSPS) is 27.2. The Morgan fingerprint density at radius 3 is 2.50 bits per heavy atom. The molecule has 3 heteroatoms. The Bertz CT molecular complexity index is 429. The van der Waals surface area contributed by atoms with Crippen LogP contribution < -0.4 is 5.73 Å². The van der Waals surface area contributed by atoms with Crippen molar-refractivity contribution in [1.29, 1.82) is 0 Å². The number of benzene rings is 1. The first-order valence-electron chi connectivity index (χ1n) is 7.50. The first-order chi connectivity index (χ1) is 9.39. The highest BCUT2D eigenvalue weighted by atomic mass is 35.5. The van der Waals surface area contributed by atoms with Gasteiger partial charge in [-0.25, -0.2) is 0 Å². The van der Waals surface area contributed by atoms with Crippen molar-refractivity contribution in [3.8, 4) is 0 Å². The van der Waals surface area contributed by atoms with Crippen LogP contribution in [0.2, 0.25) is 5.02 Å². The highest BCUT2D eigenvalue weighted by Crippen LogP contribution is 2.41. The van der Waals surface area contributed by atoms with Crippen LogP contribution in [0.15, 0.2) is 24.3 Å². The van der Waals surface area contributed by atoms with E-state index in [1.165, 1.54) is 6.42 Å². The summed E-state index contributed by atoms with van der Waals surface area (Å²) in [6, 6.07) is 7.82.